The van der Waals surface area contributed by atoms with Gasteiger partial charge in [-0.25, -0.2) is 0 Å². The van der Waals surface area contributed by atoms with Crippen LogP contribution in [0.5, 0.6) is 0 Å². The van der Waals surface area contributed by atoms with E-state index >= 15 is 0 Å². The zero-order valence-electron chi connectivity index (χ0n) is 16.9. The van der Waals surface area contributed by atoms with E-state index < -0.39 is 19.8 Å². The Balaban J connectivity index is 1.78. The van der Waals surface area contributed by atoms with Gasteiger partial charge in [0.1, 0.15) is 0 Å². The van der Waals surface area contributed by atoms with Crippen LogP contribution < -0.4 is 0 Å². The van der Waals surface area contributed by atoms with Gasteiger partial charge in [-0.15, -0.1) is 0 Å². The van der Waals surface area contributed by atoms with Crippen molar-refractivity contribution in [1.82, 2.24) is 4.90 Å². The quantitative estimate of drug-likeness (QED) is 0.487. The van der Waals surface area contributed by atoms with Crippen molar-refractivity contribution in [3.05, 3.63) is 41.8 Å². The van der Waals surface area contributed by atoms with Crippen LogP contribution in [0.4, 0.5) is 13.2 Å². The van der Waals surface area contributed by atoms with Crippen LogP contribution in [0.3, 0.4) is 0 Å². The summed E-state index contributed by atoms with van der Waals surface area (Å²) in [6.07, 6.45) is 5.45. The van der Waals surface area contributed by atoms with Gasteiger partial charge in [-0.3, -0.25) is 4.90 Å². The summed E-state index contributed by atoms with van der Waals surface area (Å²) in [4.78, 5) is 2.65. The first-order valence-corrected chi connectivity index (χ1v) is 14.1. The van der Waals surface area contributed by atoms with Crippen molar-refractivity contribution in [1.29, 1.82) is 0 Å². The highest BCUT2D eigenvalue weighted by Gasteiger charge is 2.39. The second-order valence-electron chi connectivity index (χ2n) is 9.52. The van der Waals surface area contributed by atoms with Gasteiger partial charge in [-0.2, -0.15) is 13.2 Å². The highest BCUT2D eigenvalue weighted by atomic mass is 28.3. The summed E-state index contributed by atoms with van der Waals surface area (Å²) in [5, 5.41) is 0. The Hall–Kier alpha value is -0.813. The van der Waals surface area contributed by atoms with Gasteiger partial charge in [0.25, 0.3) is 0 Å². The van der Waals surface area contributed by atoms with Crippen molar-refractivity contribution in [2.75, 3.05) is 6.54 Å². The molecule has 1 aromatic rings. The van der Waals surface area contributed by atoms with Gasteiger partial charge in [0, 0.05) is 20.2 Å². The van der Waals surface area contributed by atoms with Crippen molar-refractivity contribution in [3.63, 3.8) is 0 Å². The smallest absolute Gasteiger partial charge is 0.293 e. The molecule has 0 bridgehead atoms. The molecule has 3 unspecified atom stereocenters. The lowest BCUT2D eigenvalue weighted by Gasteiger charge is -2.49. The van der Waals surface area contributed by atoms with E-state index in [-0.39, 0.29) is 6.04 Å². The standard InChI is InChI=1S/C22H33F3NSi/c1-27(2,3)16-6-15-26-20-8-5-4-7-17(20)11-14-21(26)18-9-12-19(13-10-18)22(23,24)25/h9-13,17,20-21H,4-8,14-16H2,1-3H3. The first-order valence-electron chi connectivity index (χ1n) is 10.4. The van der Waals surface area contributed by atoms with Crippen LogP contribution >= 0.6 is 0 Å². The number of fused-ring (bicyclic) bond motifs is 1. The molecule has 1 saturated carbocycles. The molecule has 2 aliphatic rings. The third-order valence-electron chi connectivity index (χ3n) is 6.24. The van der Waals surface area contributed by atoms with Crippen LogP contribution in [0.15, 0.2) is 24.3 Å². The Bertz CT molecular complexity index is 605. The van der Waals surface area contributed by atoms with Crippen LogP contribution in [-0.2, 0) is 6.18 Å². The van der Waals surface area contributed by atoms with Gasteiger partial charge in [0.05, 0.1) is 5.56 Å². The number of likely N-dealkylation sites (tertiary alicyclic amines) is 1. The summed E-state index contributed by atoms with van der Waals surface area (Å²) >= 11 is 0. The van der Waals surface area contributed by atoms with Gasteiger partial charge in [-0.1, -0.05) is 50.7 Å². The molecule has 0 amide bonds. The van der Waals surface area contributed by atoms with Gasteiger partial charge >= 0.3 is 6.18 Å². The second kappa shape index (κ2) is 8.28. The maximum atomic E-state index is 12.9. The molecule has 0 spiro atoms. The minimum absolute atomic E-state index is 0.230. The summed E-state index contributed by atoms with van der Waals surface area (Å²) < 4.78 is 38.8. The monoisotopic (exact) mass is 396 g/mol. The Morgan fingerprint density at radius 3 is 2.33 bits per heavy atom. The van der Waals surface area contributed by atoms with E-state index in [1.807, 2.05) is 0 Å². The minimum atomic E-state index is -4.26. The van der Waals surface area contributed by atoms with Gasteiger partial charge in [0.15, 0.2) is 0 Å². The summed E-state index contributed by atoms with van der Waals surface area (Å²) in [5.74, 6) is 0.663. The summed E-state index contributed by atoms with van der Waals surface area (Å²) in [6.45, 7) is 8.31. The van der Waals surface area contributed by atoms with E-state index in [0.29, 0.717) is 12.0 Å². The normalized spacial score (nSPS) is 27.4. The van der Waals surface area contributed by atoms with E-state index in [2.05, 4.69) is 31.0 Å². The molecule has 1 nitrogen and oxygen atoms in total. The fourth-order valence-corrected chi connectivity index (χ4v) is 6.05. The summed E-state index contributed by atoms with van der Waals surface area (Å²) in [5.41, 5.74) is 0.489. The summed E-state index contributed by atoms with van der Waals surface area (Å²) in [6, 6.07) is 8.02. The minimum Gasteiger partial charge on any atom is -0.293 e. The van der Waals surface area contributed by atoms with E-state index in [1.54, 1.807) is 12.1 Å². The first kappa shape index (κ1) is 20.9. The third-order valence-corrected chi connectivity index (χ3v) is 8.09. The maximum absolute atomic E-state index is 12.9. The topological polar surface area (TPSA) is 3.24 Å². The number of halogens is 3. The Kier molecular flexibility index (Phi) is 6.41. The maximum Gasteiger partial charge on any atom is 0.416 e. The number of nitrogens with zero attached hydrogens (tertiary/aromatic N) is 1. The lowest BCUT2D eigenvalue weighted by molar-refractivity contribution is -0.137. The van der Waals surface area contributed by atoms with Crippen molar-refractivity contribution in [2.24, 2.45) is 5.92 Å². The molecule has 27 heavy (non-hydrogen) atoms. The largest absolute Gasteiger partial charge is 0.416 e. The molecule has 1 radical (unpaired) electrons. The van der Waals surface area contributed by atoms with Crippen LogP contribution in [-0.4, -0.2) is 25.6 Å². The molecule has 0 N–H and O–H groups in total. The second-order valence-corrected chi connectivity index (χ2v) is 15.1. The predicted molar refractivity (Wildman–Crippen MR) is 108 cm³/mol. The Morgan fingerprint density at radius 2 is 1.70 bits per heavy atom. The number of benzene rings is 1. The molecule has 3 atom stereocenters. The van der Waals surface area contributed by atoms with Crippen LogP contribution in [0.25, 0.3) is 0 Å². The Morgan fingerprint density at radius 1 is 1.04 bits per heavy atom. The molecule has 151 valence electrons. The van der Waals surface area contributed by atoms with Crippen LogP contribution in [0.1, 0.15) is 55.7 Å². The fourth-order valence-electron chi connectivity index (χ4n) is 4.83. The molecular weight excluding hydrogens is 363 g/mol. The van der Waals surface area contributed by atoms with Gasteiger partial charge < -0.3 is 0 Å². The van der Waals surface area contributed by atoms with E-state index in [1.165, 1.54) is 50.3 Å². The zero-order chi connectivity index (χ0) is 19.7. The molecule has 0 aromatic heterocycles. The molecule has 1 aromatic carbocycles. The molecule has 5 heteroatoms. The van der Waals surface area contributed by atoms with E-state index in [0.717, 1.165) is 18.5 Å². The van der Waals surface area contributed by atoms with Crippen LogP contribution in [0, 0.1) is 12.3 Å². The molecule has 2 fully saturated rings. The number of piperidine rings is 1. The lowest BCUT2D eigenvalue weighted by Crippen LogP contribution is -2.49. The molecule has 1 heterocycles. The van der Waals surface area contributed by atoms with Gasteiger partial charge in [-0.05, 0) is 62.3 Å². The average molecular weight is 397 g/mol. The van der Waals surface area contributed by atoms with Gasteiger partial charge in [0.2, 0.25) is 0 Å². The molecule has 1 aliphatic heterocycles. The van der Waals surface area contributed by atoms with Crippen molar-refractivity contribution >= 4 is 8.07 Å². The number of hydrogen-bond donors (Lipinski definition) is 0. The van der Waals surface area contributed by atoms with Crippen molar-refractivity contribution in [2.45, 2.75) is 82.5 Å². The number of alkyl halides is 3. The van der Waals surface area contributed by atoms with Crippen molar-refractivity contribution < 1.29 is 13.2 Å². The third kappa shape index (κ3) is 5.38. The highest BCUT2D eigenvalue weighted by molar-refractivity contribution is 6.76. The summed E-state index contributed by atoms with van der Waals surface area (Å²) in [7, 11) is -1.07. The molecular formula is C22H33F3NSi. The average Bonchev–Trinajstić information content (AvgIpc) is 2.60. The number of rotatable bonds is 5. The molecule has 3 rings (SSSR count). The Labute approximate surface area is 163 Å². The van der Waals surface area contributed by atoms with E-state index in [9.17, 15) is 13.2 Å². The molecule has 1 saturated heterocycles. The predicted octanol–water partition coefficient (Wildman–Crippen LogP) is 6.94. The molecule has 1 aliphatic carbocycles. The fraction of sp³-hybridized carbons (Fsp3) is 0.682. The lowest BCUT2D eigenvalue weighted by atomic mass is 9.75. The highest BCUT2D eigenvalue weighted by Crippen LogP contribution is 2.43. The first-order chi connectivity index (χ1) is 12.6. The van der Waals surface area contributed by atoms with Crippen molar-refractivity contribution in [3.8, 4) is 0 Å². The van der Waals surface area contributed by atoms with E-state index in [4.69, 9.17) is 0 Å². The SMILES string of the molecule is C[Si](C)(C)CCCN1C(c2ccc(C(F)(F)F)cc2)C[CH]C2CCCCC21. The zero-order valence-corrected chi connectivity index (χ0v) is 17.9. The van der Waals surface area contributed by atoms with Crippen LogP contribution in [0.2, 0.25) is 25.7 Å². The number of hydrogen-bond acceptors (Lipinski definition) is 1.